The molecule has 1 atom stereocenters. The maximum atomic E-state index is 12.6. The molecule has 0 bridgehead atoms. The number of benzene rings is 2. The van der Waals surface area contributed by atoms with Gasteiger partial charge < -0.3 is 10.1 Å². The Morgan fingerprint density at radius 3 is 2.75 bits per heavy atom. The number of hydrogen-bond acceptors (Lipinski definition) is 4. The van der Waals surface area contributed by atoms with Crippen LogP contribution in [0, 0.1) is 11.3 Å². The van der Waals surface area contributed by atoms with Crippen molar-refractivity contribution in [1.29, 1.82) is 5.26 Å². The molecule has 0 spiro atoms. The van der Waals surface area contributed by atoms with E-state index in [1.165, 1.54) is 0 Å². The number of anilines is 1. The van der Waals surface area contributed by atoms with Crippen LogP contribution in [0.3, 0.4) is 0 Å². The number of carbonyl (C=O) groups is 1. The lowest BCUT2D eigenvalue weighted by molar-refractivity contribution is 0.102. The van der Waals surface area contributed by atoms with Crippen molar-refractivity contribution in [2.24, 2.45) is 0 Å². The van der Waals surface area contributed by atoms with Crippen LogP contribution in [0.5, 0.6) is 0 Å². The predicted octanol–water partition coefficient (Wildman–Crippen LogP) is 4.08. The first kappa shape index (κ1) is 16.6. The van der Waals surface area contributed by atoms with Crippen LogP contribution in [-0.4, -0.2) is 24.4 Å². The third kappa shape index (κ3) is 4.16. The number of rotatable bonds is 5. The third-order valence-electron chi connectivity index (χ3n) is 3.85. The summed E-state index contributed by atoms with van der Waals surface area (Å²) in [5.41, 5.74) is 1.91. The number of ether oxygens (including phenoxy) is 1. The minimum Gasteiger partial charge on any atom is -0.377 e. The molecule has 3 rings (SSSR count). The smallest absolute Gasteiger partial charge is 0.256 e. The zero-order valence-corrected chi connectivity index (χ0v) is 14.0. The van der Waals surface area contributed by atoms with Crippen molar-refractivity contribution in [3.05, 3.63) is 59.7 Å². The summed E-state index contributed by atoms with van der Waals surface area (Å²) in [6, 6.07) is 16.5. The number of nitrogens with zero attached hydrogens (tertiary/aromatic N) is 1. The second kappa shape index (κ2) is 8.00. The number of carbonyl (C=O) groups excluding carboxylic acids is 1. The van der Waals surface area contributed by atoms with Gasteiger partial charge in [0.05, 0.1) is 23.3 Å². The topological polar surface area (TPSA) is 62.1 Å². The second-order valence-corrected chi connectivity index (χ2v) is 6.65. The quantitative estimate of drug-likeness (QED) is 0.834. The Balaban J connectivity index is 1.68. The monoisotopic (exact) mass is 338 g/mol. The Morgan fingerprint density at radius 1 is 1.25 bits per heavy atom. The zero-order valence-electron chi connectivity index (χ0n) is 13.2. The molecule has 0 unspecified atom stereocenters. The fourth-order valence-corrected chi connectivity index (χ4v) is 3.68. The van der Waals surface area contributed by atoms with Gasteiger partial charge in [-0.1, -0.05) is 12.1 Å². The molecule has 1 saturated heterocycles. The van der Waals surface area contributed by atoms with Gasteiger partial charge in [0.1, 0.15) is 0 Å². The van der Waals surface area contributed by atoms with E-state index >= 15 is 0 Å². The molecule has 4 nitrogen and oxygen atoms in total. The standard InChI is InChI=1S/C19H18N2O2S/c20-12-14-7-9-15(10-8-14)21-19(22)17-5-1-2-6-18(17)24-13-16-4-3-11-23-16/h1-2,5-10,16H,3-4,11,13H2,(H,21,22)/t16-/m1/s1. The Kier molecular flexibility index (Phi) is 5.52. The van der Waals surface area contributed by atoms with Crippen LogP contribution >= 0.6 is 11.8 Å². The molecule has 5 heteroatoms. The van der Waals surface area contributed by atoms with Crippen LogP contribution < -0.4 is 5.32 Å². The van der Waals surface area contributed by atoms with Crippen LogP contribution in [0.4, 0.5) is 5.69 Å². The number of nitriles is 1. The molecule has 122 valence electrons. The fourth-order valence-electron chi connectivity index (χ4n) is 2.57. The Morgan fingerprint density at radius 2 is 2.04 bits per heavy atom. The van der Waals surface area contributed by atoms with Gasteiger partial charge in [0, 0.05) is 22.9 Å². The van der Waals surface area contributed by atoms with Crippen LogP contribution in [0.2, 0.25) is 0 Å². The highest BCUT2D eigenvalue weighted by molar-refractivity contribution is 7.99. The van der Waals surface area contributed by atoms with Crippen molar-refractivity contribution in [2.75, 3.05) is 17.7 Å². The summed E-state index contributed by atoms with van der Waals surface area (Å²) in [5, 5.41) is 11.7. The van der Waals surface area contributed by atoms with Gasteiger partial charge in [-0.3, -0.25) is 4.79 Å². The lowest BCUT2D eigenvalue weighted by atomic mass is 10.2. The first-order valence-electron chi connectivity index (χ1n) is 7.91. The summed E-state index contributed by atoms with van der Waals surface area (Å²) in [6.07, 6.45) is 2.49. The van der Waals surface area contributed by atoms with Gasteiger partial charge in [-0.25, -0.2) is 0 Å². The predicted molar refractivity (Wildman–Crippen MR) is 95.3 cm³/mol. The molecule has 1 aliphatic rings. The van der Waals surface area contributed by atoms with E-state index in [0.29, 0.717) is 16.8 Å². The first-order valence-corrected chi connectivity index (χ1v) is 8.90. The van der Waals surface area contributed by atoms with E-state index in [-0.39, 0.29) is 12.0 Å². The van der Waals surface area contributed by atoms with Crippen LogP contribution in [0.1, 0.15) is 28.8 Å². The minimum atomic E-state index is -0.143. The van der Waals surface area contributed by atoms with Crippen molar-refractivity contribution in [2.45, 2.75) is 23.8 Å². The van der Waals surface area contributed by atoms with E-state index in [4.69, 9.17) is 10.00 Å². The molecule has 0 aromatic heterocycles. The largest absolute Gasteiger partial charge is 0.377 e. The second-order valence-electron chi connectivity index (χ2n) is 5.59. The molecule has 2 aromatic carbocycles. The molecule has 1 fully saturated rings. The lowest BCUT2D eigenvalue weighted by Gasteiger charge is -2.12. The van der Waals surface area contributed by atoms with Crippen LogP contribution in [0.25, 0.3) is 0 Å². The van der Waals surface area contributed by atoms with E-state index < -0.39 is 0 Å². The van der Waals surface area contributed by atoms with E-state index in [2.05, 4.69) is 11.4 Å². The van der Waals surface area contributed by atoms with Crippen molar-refractivity contribution >= 4 is 23.4 Å². The first-order chi connectivity index (χ1) is 11.8. The van der Waals surface area contributed by atoms with Gasteiger partial charge >= 0.3 is 0 Å². The molecule has 1 N–H and O–H groups in total. The molecule has 0 radical (unpaired) electrons. The third-order valence-corrected chi connectivity index (χ3v) is 5.06. The van der Waals surface area contributed by atoms with Gasteiger partial charge in [-0.15, -0.1) is 11.8 Å². The van der Waals surface area contributed by atoms with Crippen molar-refractivity contribution < 1.29 is 9.53 Å². The molecule has 2 aromatic rings. The molecule has 0 saturated carbocycles. The molecular weight excluding hydrogens is 320 g/mol. The summed E-state index contributed by atoms with van der Waals surface area (Å²) < 4.78 is 5.64. The van der Waals surface area contributed by atoms with E-state index in [1.54, 1.807) is 36.0 Å². The van der Waals surface area contributed by atoms with Gasteiger partial charge in [0.15, 0.2) is 0 Å². The van der Waals surface area contributed by atoms with E-state index in [1.807, 2.05) is 24.3 Å². The van der Waals surface area contributed by atoms with Gasteiger partial charge in [0.25, 0.3) is 5.91 Å². The van der Waals surface area contributed by atoms with Crippen molar-refractivity contribution in [3.8, 4) is 6.07 Å². The maximum Gasteiger partial charge on any atom is 0.256 e. The van der Waals surface area contributed by atoms with Crippen molar-refractivity contribution in [1.82, 2.24) is 0 Å². The highest BCUT2D eigenvalue weighted by Crippen LogP contribution is 2.27. The highest BCUT2D eigenvalue weighted by Gasteiger charge is 2.18. The number of thioether (sulfide) groups is 1. The summed E-state index contributed by atoms with van der Waals surface area (Å²) in [5.74, 6) is 0.719. The molecule has 1 heterocycles. The minimum absolute atomic E-state index is 0.143. The number of nitrogens with one attached hydrogen (secondary N) is 1. The molecule has 1 aliphatic heterocycles. The Bertz CT molecular complexity index is 747. The van der Waals surface area contributed by atoms with Gasteiger partial charge in [0.2, 0.25) is 0 Å². The summed E-state index contributed by atoms with van der Waals surface area (Å²) in [6.45, 7) is 0.839. The molecule has 1 amide bonds. The molecular formula is C19H18N2O2S. The Labute approximate surface area is 145 Å². The van der Waals surface area contributed by atoms with E-state index in [9.17, 15) is 4.79 Å². The SMILES string of the molecule is N#Cc1ccc(NC(=O)c2ccccc2SC[C@H]2CCCO2)cc1. The normalized spacial score (nSPS) is 16.5. The zero-order chi connectivity index (χ0) is 16.8. The Hall–Kier alpha value is -2.29. The highest BCUT2D eigenvalue weighted by atomic mass is 32.2. The van der Waals surface area contributed by atoms with E-state index in [0.717, 1.165) is 30.1 Å². The summed E-state index contributed by atoms with van der Waals surface area (Å²) in [4.78, 5) is 13.5. The maximum absolute atomic E-state index is 12.6. The molecule has 0 aliphatic carbocycles. The van der Waals surface area contributed by atoms with Gasteiger partial charge in [-0.05, 0) is 49.2 Å². The fraction of sp³-hybridized carbons (Fsp3) is 0.263. The summed E-state index contributed by atoms with van der Waals surface area (Å²) in [7, 11) is 0. The molecule has 24 heavy (non-hydrogen) atoms. The number of amides is 1. The van der Waals surface area contributed by atoms with Gasteiger partial charge in [-0.2, -0.15) is 5.26 Å². The average Bonchev–Trinajstić information content (AvgIpc) is 3.14. The van der Waals surface area contributed by atoms with Crippen molar-refractivity contribution in [3.63, 3.8) is 0 Å². The lowest BCUT2D eigenvalue weighted by Crippen LogP contribution is -2.14. The summed E-state index contributed by atoms with van der Waals surface area (Å²) >= 11 is 1.66. The number of hydrogen-bond donors (Lipinski definition) is 1. The van der Waals surface area contributed by atoms with Crippen LogP contribution in [0.15, 0.2) is 53.4 Å². The van der Waals surface area contributed by atoms with Crippen LogP contribution in [-0.2, 0) is 4.74 Å². The average molecular weight is 338 g/mol.